The molecule has 0 radical (unpaired) electrons. The summed E-state index contributed by atoms with van der Waals surface area (Å²) in [6.45, 7) is 0.0432. The predicted molar refractivity (Wildman–Crippen MR) is 77.1 cm³/mol. The van der Waals surface area contributed by atoms with Crippen molar-refractivity contribution in [2.45, 2.75) is 25.4 Å². The first-order chi connectivity index (χ1) is 10.4. The number of imide groups is 1. The molecule has 1 aromatic rings. The molecule has 1 aromatic carbocycles. The van der Waals surface area contributed by atoms with Gasteiger partial charge in [0, 0.05) is 17.4 Å². The zero-order valence-corrected chi connectivity index (χ0v) is 12.8. The SMILES string of the molecule is O=C1CCC(N2Cc3c(C(=O)O)ccc(Br)c3C2=O)C(=O)N1. The van der Waals surface area contributed by atoms with Crippen LogP contribution < -0.4 is 5.32 Å². The average molecular weight is 367 g/mol. The molecule has 3 amide bonds. The van der Waals surface area contributed by atoms with Crippen LogP contribution in [-0.2, 0) is 16.1 Å². The number of carboxylic acid groups (broad SMARTS) is 1. The van der Waals surface area contributed by atoms with Gasteiger partial charge in [-0.2, -0.15) is 0 Å². The Hall–Kier alpha value is -2.22. The maximum Gasteiger partial charge on any atom is 0.336 e. The standard InChI is InChI=1S/C14H11BrN2O5/c15-8-2-1-6(14(21)22)7-5-17(13(20)11(7)8)9-3-4-10(18)16-12(9)19/h1-2,9H,3-5H2,(H,21,22)(H,16,18,19). The molecular formula is C14H11BrN2O5. The summed E-state index contributed by atoms with van der Waals surface area (Å²) in [5.74, 6) is -2.41. The highest BCUT2D eigenvalue weighted by Gasteiger charge is 2.41. The zero-order valence-electron chi connectivity index (χ0n) is 11.3. The van der Waals surface area contributed by atoms with E-state index < -0.39 is 23.8 Å². The van der Waals surface area contributed by atoms with Crippen LogP contribution in [0.5, 0.6) is 0 Å². The molecule has 0 spiro atoms. The second kappa shape index (κ2) is 5.20. The van der Waals surface area contributed by atoms with Gasteiger partial charge in [0.1, 0.15) is 6.04 Å². The number of carboxylic acids is 1. The fourth-order valence-corrected chi connectivity index (χ4v) is 3.37. The predicted octanol–water partition coefficient (Wildman–Crippen LogP) is 0.908. The van der Waals surface area contributed by atoms with Crippen molar-refractivity contribution in [1.29, 1.82) is 0 Å². The summed E-state index contributed by atoms with van der Waals surface area (Å²) in [4.78, 5) is 48.3. The number of fused-ring (bicyclic) bond motifs is 1. The number of benzene rings is 1. The Labute approximate surface area is 133 Å². The highest BCUT2D eigenvalue weighted by molar-refractivity contribution is 9.10. The van der Waals surface area contributed by atoms with Crippen molar-refractivity contribution in [2.24, 2.45) is 0 Å². The van der Waals surface area contributed by atoms with Gasteiger partial charge in [-0.1, -0.05) is 0 Å². The molecule has 0 aromatic heterocycles. The van der Waals surface area contributed by atoms with Crippen LogP contribution in [0.3, 0.4) is 0 Å². The normalized spacial score (nSPS) is 20.9. The van der Waals surface area contributed by atoms with Crippen molar-refractivity contribution in [3.63, 3.8) is 0 Å². The average Bonchev–Trinajstić information content (AvgIpc) is 2.77. The lowest BCUT2D eigenvalue weighted by Gasteiger charge is -2.29. The lowest BCUT2D eigenvalue weighted by Crippen LogP contribution is -2.52. The highest BCUT2D eigenvalue weighted by Crippen LogP contribution is 2.34. The lowest BCUT2D eigenvalue weighted by atomic mass is 10.0. The quantitative estimate of drug-likeness (QED) is 0.757. The Kier molecular flexibility index (Phi) is 3.48. The van der Waals surface area contributed by atoms with E-state index in [0.29, 0.717) is 10.0 Å². The number of carbonyl (C=O) groups is 4. The number of halogens is 1. The van der Waals surface area contributed by atoms with Gasteiger partial charge in [-0.25, -0.2) is 4.79 Å². The molecule has 1 saturated heterocycles. The molecule has 2 aliphatic heterocycles. The summed E-state index contributed by atoms with van der Waals surface area (Å²) in [5.41, 5.74) is 0.697. The van der Waals surface area contributed by atoms with E-state index in [1.807, 2.05) is 0 Å². The number of carbonyl (C=O) groups excluding carboxylic acids is 3. The van der Waals surface area contributed by atoms with E-state index in [-0.39, 0.29) is 36.4 Å². The molecule has 0 bridgehead atoms. The van der Waals surface area contributed by atoms with E-state index in [0.717, 1.165) is 0 Å². The van der Waals surface area contributed by atoms with Crippen molar-refractivity contribution in [3.8, 4) is 0 Å². The minimum absolute atomic E-state index is 0.0429. The van der Waals surface area contributed by atoms with Crippen LogP contribution >= 0.6 is 15.9 Å². The summed E-state index contributed by atoms with van der Waals surface area (Å²) in [6, 6.07) is 2.17. The maximum absolute atomic E-state index is 12.6. The summed E-state index contributed by atoms with van der Waals surface area (Å²) in [7, 11) is 0. The second-order valence-electron chi connectivity index (χ2n) is 5.15. The van der Waals surface area contributed by atoms with Gasteiger partial charge < -0.3 is 10.0 Å². The van der Waals surface area contributed by atoms with Crippen LogP contribution in [0.1, 0.15) is 39.1 Å². The summed E-state index contributed by atoms with van der Waals surface area (Å²) < 4.78 is 0.493. The van der Waals surface area contributed by atoms with E-state index in [4.69, 9.17) is 0 Å². The Morgan fingerprint density at radius 1 is 1.32 bits per heavy atom. The van der Waals surface area contributed by atoms with Gasteiger partial charge in [0.25, 0.3) is 5.91 Å². The number of hydrogen-bond acceptors (Lipinski definition) is 4. The van der Waals surface area contributed by atoms with Crippen molar-refractivity contribution >= 4 is 39.6 Å². The second-order valence-corrected chi connectivity index (χ2v) is 6.01. The van der Waals surface area contributed by atoms with Gasteiger partial charge in [-0.3, -0.25) is 19.7 Å². The molecule has 8 heteroatoms. The molecule has 2 aliphatic rings. The van der Waals surface area contributed by atoms with Crippen molar-refractivity contribution in [3.05, 3.63) is 33.3 Å². The zero-order chi connectivity index (χ0) is 16.0. The number of amides is 3. The first kappa shape index (κ1) is 14.7. The fraction of sp³-hybridized carbons (Fsp3) is 0.286. The van der Waals surface area contributed by atoms with Crippen molar-refractivity contribution < 1.29 is 24.3 Å². The van der Waals surface area contributed by atoms with E-state index in [9.17, 15) is 24.3 Å². The van der Waals surface area contributed by atoms with Crippen molar-refractivity contribution in [1.82, 2.24) is 10.2 Å². The molecule has 1 unspecified atom stereocenters. The smallest absolute Gasteiger partial charge is 0.336 e. The third-order valence-electron chi connectivity index (χ3n) is 3.88. The van der Waals surface area contributed by atoms with Crippen LogP contribution in [0, 0.1) is 0 Å². The van der Waals surface area contributed by atoms with Gasteiger partial charge in [0.2, 0.25) is 11.8 Å². The van der Waals surface area contributed by atoms with Crippen LogP contribution in [0.15, 0.2) is 16.6 Å². The molecule has 2 N–H and O–H groups in total. The number of hydrogen-bond donors (Lipinski definition) is 2. The Morgan fingerprint density at radius 2 is 2.05 bits per heavy atom. The minimum Gasteiger partial charge on any atom is -0.478 e. The van der Waals surface area contributed by atoms with E-state index in [2.05, 4.69) is 21.2 Å². The Morgan fingerprint density at radius 3 is 2.68 bits per heavy atom. The Bertz CT molecular complexity index is 730. The highest BCUT2D eigenvalue weighted by atomic mass is 79.9. The summed E-state index contributed by atoms with van der Waals surface area (Å²) in [6.07, 6.45) is 0.397. The lowest BCUT2D eigenvalue weighted by molar-refractivity contribution is -0.136. The topological polar surface area (TPSA) is 104 Å². The molecule has 0 aliphatic carbocycles. The summed E-state index contributed by atoms with van der Waals surface area (Å²) in [5, 5.41) is 11.4. The third-order valence-corrected chi connectivity index (χ3v) is 4.54. The van der Waals surface area contributed by atoms with Crippen LogP contribution in [-0.4, -0.2) is 39.7 Å². The van der Waals surface area contributed by atoms with Crippen molar-refractivity contribution in [2.75, 3.05) is 0 Å². The van der Waals surface area contributed by atoms with Gasteiger partial charge >= 0.3 is 5.97 Å². The van der Waals surface area contributed by atoms with E-state index in [1.54, 1.807) is 0 Å². The third kappa shape index (κ3) is 2.19. The first-order valence-corrected chi connectivity index (χ1v) is 7.38. The molecule has 22 heavy (non-hydrogen) atoms. The van der Waals surface area contributed by atoms with E-state index in [1.165, 1.54) is 17.0 Å². The molecule has 114 valence electrons. The number of piperidine rings is 1. The largest absolute Gasteiger partial charge is 0.478 e. The van der Waals surface area contributed by atoms with Crippen LogP contribution in [0.4, 0.5) is 0 Å². The maximum atomic E-state index is 12.6. The van der Waals surface area contributed by atoms with Gasteiger partial charge in [-0.15, -0.1) is 0 Å². The first-order valence-electron chi connectivity index (χ1n) is 6.59. The summed E-state index contributed by atoms with van der Waals surface area (Å²) >= 11 is 3.25. The molecule has 2 heterocycles. The number of nitrogens with one attached hydrogen (secondary N) is 1. The molecule has 1 atom stereocenters. The van der Waals surface area contributed by atoms with Gasteiger partial charge in [-0.05, 0) is 40.0 Å². The monoisotopic (exact) mass is 366 g/mol. The minimum atomic E-state index is -1.12. The number of aromatic carboxylic acids is 1. The van der Waals surface area contributed by atoms with Gasteiger partial charge in [0.15, 0.2) is 0 Å². The Balaban J connectivity index is 1.99. The fourth-order valence-electron chi connectivity index (χ4n) is 2.83. The van der Waals surface area contributed by atoms with Gasteiger partial charge in [0.05, 0.1) is 11.1 Å². The van der Waals surface area contributed by atoms with Crippen LogP contribution in [0.25, 0.3) is 0 Å². The van der Waals surface area contributed by atoms with E-state index >= 15 is 0 Å². The molecule has 7 nitrogen and oxygen atoms in total. The molecular weight excluding hydrogens is 356 g/mol. The number of rotatable bonds is 2. The number of nitrogens with zero attached hydrogens (tertiary/aromatic N) is 1. The molecule has 3 rings (SSSR count). The molecule has 1 fully saturated rings. The molecule has 0 saturated carbocycles. The van der Waals surface area contributed by atoms with Crippen LogP contribution in [0.2, 0.25) is 0 Å².